The van der Waals surface area contributed by atoms with Crippen LogP contribution in [0, 0.1) is 11.8 Å². The first-order chi connectivity index (χ1) is 19.9. The quantitative estimate of drug-likeness (QED) is 0.264. The Morgan fingerprint density at radius 2 is 1.90 bits per heavy atom. The average Bonchev–Trinajstić information content (AvgIpc) is 3.30. The van der Waals surface area contributed by atoms with E-state index in [-0.39, 0.29) is 17.3 Å². The van der Waals surface area contributed by atoms with Crippen LogP contribution in [0.3, 0.4) is 0 Å². The zero-order valence-corrected chi connectivity index (χ0v) is 25.7. The summed E-state index contributed by atoms with van der Waals surface area (Å²) >= 11 is 0. The largest absolute Gasteiger partial charge is 0.493 e. The minimum atomic E-state index is 0.0310. The summed E-state index contributed by atoms with van der Waals surface area (Å²) < 4.78 is 13.0. The van der Waals surface area contributed by atoms with Gasteiger partial charge in [0.1, 0.15) is 11.9 Å². The van der Waals surface area contributed by atoms with E-state index >= 15 is 0 Å². The number of hydrogen-bond acceptors (Lipinski definition) is 5. The minimum Gasteiger partial charge on any atom is -0.493 e. The fraction of sp³-hybridized carbons (Fsp3) is 0.639. The molecule has 0 radical (unpaired) electrons. The number of piperidine rings is 1. The van der Waals surface area contributed by atoms with Gasteiger partial charge in [-0.15, -0.1) is 0 Å². The van der Waals surface area contributed by atoms with Crippen LogP contribution in [0.1, 0.15) is 82.4 Å². The molecule has 4 aliphatic rings. The Kier molecular flexibility index (Phi) is 8.47. The number of carbonyl (C=O) groups excluding carboxylic acids is 1. The van der Waals surface area contributed by atoms with E-state index in [1.165, 1.54) is 61.6 Å². The smallest absolute Gasteiger partial charge is 0.165 e. The summed E-state index contributed by atoms with van der Waals surface area (Å²) in [5.74, 6) is 3.35. The lowest BCUT2D eigenvalue weighted by Gasteiger charge is -2.60. The van der Waals surface area contributed by atoms with Gasteiger partial charge in [0.2, 0.25) is 0 Å². The summed E-state index contributed by atoms with van der Waals surface area (Å²) in [6, 6.07) is 16.2. The maximum absolute atomic E-state index is 12.2. The number of nitrogens with zero attached hydrogens (tertiary/aromatic N) is 2. The molecule has 2 heterocycles. The predicted molar refractivity (Wildman–Crippen MR) is 165 cm³/mol. The summed E-state index contributed by atoms with van der Waals surface area (Å²) in [6.45, 7) is 10.3. The van der Waals surface area contributed by atoms with Crippen LogP contribution in [-0.2, 0) is 23.1 Å². The molecule has 2 fully saturated rings. The van der Waals surface area contributed by atoms with Crippen LogP contribution in [0.25, 0.3) is 0 Å². The molecule has 2 bridgehead atoms. The second-order valence-corrected chi connectivity index (χ2v) is 13.7. The van der Waals surface area contributed by atoms with Crippen molar-refractivity contribution >= 4 is 5.78 Å². The van der Waals surface area contributed by atoms with Crippen molar-refractivity contribution in [1.29, 1.82) is 0 Å². The molecule has 5 heteroatoms. The first-order valence-corrected chi connectivity index (χ1v) is 16.3. The van der Waals surface area contributed by atoms with E-state index < -0.39 is 0 Å². The van der Waals surface area contributed by atoms with Gasteiger partial charge >= 0.3 is 0 Å². The molecule has 2 aromatic carbocycles. The Labute approximate surface area is 247 Å². The standard InChI is InChI=1S/C36H50N2O3/c1-25(2)23-37(20-11-6-5-8-12-27-13-9-7-10-14-27)30-17-16-29-31-22-28-15-18-32(40-4)34-33(28)36(29,35(30)41-34)19-21-38(31)24-26(3)39/h7,9-10,13-15,18,25,29-31,35H,5-6,8,11-12,16-17,19-24H2,1-4H3/t29-,30-,31+,35-,36-/m0/s1. The van der Waals surface area contributed by atoms with Crippen molar-refractivity contribution in [2.75, 3.05) is 33.3 Å². The van der Waals surface area contributed by atoms with E-state index in [2.05, 4.69) is 66.1 Å². The maximum Gasteiger partial charge on any atom is 0.165 e. The Morgan fingerprint density at radius 3 is 2.66 bits per heavy atom. The van der Waals surface area contributed by atoms with Crippen molar-refractivity contribution in [2.24, 2.45) is 11.8 Å². The lowest BCUT2D eigenvalue weighted by molar-refractivity contribution is -0.123. The molecule has 1 saturated carbocycles. The van der Waals surface area contributed by atoms with Gasteiger partial charge in [-0.3, -0.25) is 14.6 Å². The van der Waals surface area contributed by atoms with Crippen LogP contribution in [0.15, 0.2) is 42.5 Å². The third-order valence-electron chi connectivity index (χ3n) is 10.6. The molecule has 2 aliphatic carbocycles. The number of rotatable bonds is 13. The Bertz CT molecular complexity index is 1210. The molecular weight excluding hydrogens is 508 g/mol. The highest BCUT2D eigenvalue weighted by Crippen LogP contribution is 2.64. The number of likely N-dealkylation sites (tertiary alicyclic amines) is 1. The molecule has 1 saturated heterocycles. The minimum absolute atomic E-state index is 0.0310. The Balaban J connectivity index is 1.22. The number of benzene rings is 2. The van der Waals surface area contributed by atoms with Gasteiger partial charge < -0.3 is 9.47 Å². The molecule has 2 aliphatic heterocycles. The summed E-state index contributed by atoms with van der Waals surface area (Å²) in [5.41, 5.74) is 4.37. The third kappa shape index (κ3) is 5.33. The number of ketones is 1. The zero-order valence-electron chi connectivity index (χ0n) is 25.7. The number of unbranched alkanes of at least 4 members (excludes halogenated alkanes) is 3. The van der Waals surface area contributed by atoms with Crippen LogP contribution in [-0.4, -0.2) is 67.1 Å². The molecule has 5 atom stereocenters. The van der Waals surface area contributed by atoms with E-state index in [1.54, 1.807) is 14.0 Å². The van der Waals surface area contributed by atoms with Crippen molar-refractivity contribution in [2.45, 2.75) is 102 Å². The van der Waals surface area contributed by atoms with Crippen molar-refractivity contribution in [3.63, 3.8) is 0 Å². The summed E-state index contributed by atoms with van der Waals surface area (Å²) in [6.07, 6.45) is 10.9. The van der Waals surface area contributed by atoms with Crippen molar-refractivity contribution in [1.82, 2.24) is 9.80 Å². The predicted octanol–water partition coefficient (Wildman–Crippen LogP) is 6.45. The number of hydrogen-bond donors (Lipinski definition) is 0. The van der Waals surface area contributed by atoms with Crippen LogP contribution in [0.2, 0.25) is 0 Å². The summed E-state index contributed by atoms with van der Waals surface area (Å²) in [7, 11) is 1.78. The van der Waals surface area contributed by atoms with E-state index in [1.807, 2.05) is 0 Å². The van der Waals surface area contributed by atoms with Gasteiger partial charge in [0.15, 0.2) is 11.5 Å². The molecule has 0 aromatic heterocycles. The normalized spacial score (nSPS) is 28.0. The number of ether oxygens (including phenoxy) is 2. The first-order valence-electron chi connectivity index (χ1n) is 16.3. The molecule has 222 valence electrons. The fourth-order valence-corrected chi connectivity index (χ4v) is 9.11. The fourth-order valence-electron chi connectivity index (χ4n) is 9.11. The first kappa shape index (κ1) is 28.7. The molecule has 2 aromatic rings. The topological polar surface area (TPSA) is 42.0 Å². The number of carbonyl (C=O) groups is 1. The van der Waals surface area contributed by atoms with Gasteiger partial charge in [0.05, 0.1) is 13.7 Å². The highest BCUT2D eigenvalue weighted by Gasteiger charge is 2.66. The second-order valence-electron chi connectivity index (χ2n) is 13.7. The molecule has 0 amide bonds. The molecule has 41 heavy (non-hydrogen) atoms. The summed E-state index contributed by atoms with van der Waals surface area (Å²) in [4.78, 5) is 17.5. The maximum atomic E-state index is 12.2. The lowest BCUT2D eigenvalue weighted by atomic mass is 9.51. The Morgan fingerprint density at radius 1 is 1.10 bits per heavy atom. The van der Waals surface area contributed by atoms with Crippen molar-refractivity contribution in [3.8, 4) is 11.5 Å². The van der Waals surface area contributed by atoms with Crippen molar-refractivity contribution < 1.29 is 14.3 Å². The van der Waals surface area contributed by atoms with Crippen LogP contribution < -0.4 is 9.47 Å². The van der Waals surface area contributed by atoms with E-state index in [0.29, 0.717) is 30.5 Å². The van der Waals surface area contributed by atoms with Crippen LogP contribution in [0.4, 0.5) is 0 Å². The number of aryl methyl sites for hydroxylation is 1. The zero-order chi connectivity index (χ0) is 28.6. The van der Waals surface area contributed by atoms with Gasteiger partial charge in [0, 0.05) is 29.6 Å². The van der Waals surface area contributed by atoms with E-state index in [9.17, 15) is 4.79 Å². The van der Waals surface area contributed by atoms with Gasteiger partial charge in [-0.2, -0.15) is 0 Å². The van der Waals surface area contributed by atoms with E-state index in [4.69, 9.17) is 9.47 Å². The molecule has 0 N–H and O–H groups in total. The van der Waals surface area contributed by atoms with Crippen LogP contribution in [0.5, 0.6) is 11.5 Å². The van der Waals surface area contributed by atoms with Crippen LogP contribution >= 0.6 is 0 Å². The highest BCUT2D eigenvalue weighted by atomic mass is 16.5. The van der Waals surface area contributed by atoms with Gasteiger partial charge in [-0.1, -0.05) is 63.1 Å². The number of Topliss-reactive ketones (excluding diaryl/α,β-unsaturated/α-hetero) is 1. The monoisotopic (exact) mass is 558 g/mol. The molecule has 1 spiro atoms. The van der Waals surface area contributed by atoms with Gasteiger partial charge in [0.25, 0.3) is 0 Å². The molecular formula is C36H50N2O3. The van der Waals surface area contributed by atoms with Gasteiger partial charge in [-0.05, 0) is 94.0 Å². The second kappa shape index (κ2) is 12.1. The third-order valence-corrected chi connectivity index (χ3v) is 10.6. The Hall–Kier alpha value is -2.37. The lowest BCUT2D eigenvalue weighted by Crippen LogP contribution is -2.69. The average molecular weight is 559 g/mol. The van der Waals surface area contributed by atoms with E-state index in [0.717, 1.165) is 44.0 Å². The molecule has 0 unspecified atom stereocenters. The van der Waals surface area contributed by atoms with Gasteiger partial charge in [-0.25, -0.2) is 0 Å². The SMILES string of the molecule is COc1ccc2c3c1O[C@H]1[C@@H](N(CCCCCCc4ccccc4)CC(C)C)CC[C@H]4[C@@H](C2)N(CC(C)=O)CC[C@@]341. The van der Waals surface area contributed by atoms with Crippen molar-refractivity contribution in [3.05, 3.63) is 59.2 Å². The summed E-state index contributed by atoms with van der Waals surface area (Å²) in [5, 5.41) is 0. The highest BCUT2D eigenvalue weighted by molar-refractivity contribution is 5.77. The molecule has 5 nitrogen and oxygen atoms in total. The molecule has 6 rings (SSSR count). The number of methoxy groups -OCH3 is 1.